The second-order valence-electron chi connectivity index (χ2n) is 9.40. The molecule has 0 spiro atoms. The van der Waals surface area contributed by atoms with Crippen molar-refractivity contribution in [2.45, 2.75) is 32.2 Å². The number of imidazole rings is 1. The Morgan fingerprint density at radius 1 is 1.09 bits per heavy atom. The van der Waals surface area contributed by atoms with E-state index in [0.29, 0.717) is 12.5 Å². The third-order valence-corrected chi connectivity index (χ3v) is 7.88. The van der Waals surface area contributed by atoms with E-state index < -0.39 is 0 Å². The maximum absolute atomic E-state index is 8.81. The molecule has 0 amide bonds. The van der Waals surface area contributed by atoms with Crippen molar-refractivity contribution in [3.63, 3.8) is 0 Å². The summed E-state index contributed by atoms with van der Waals surface area (Å²) >= 11 is 3.70. The van der Waals surface area contributed by atoms with E-state index in [1.54, 1.807) is 0 Å². The molecule has 2 N–H and O–H groups in total. The fourth-order valence-electron chi connectivity index (χ4n) is 5.08. The number of piperazine rings is 1. The Bertz CT molecular complexity index is 1170. The van der Waals surface area contributed by atoms with Crippen LogP contribution in [0.25, 0.3) is 22.6 Å². The van der Waals surface area contributed by atoms with Crippen LogP contribution in [-0.2, 0) is 0 Å². The molecule has 0 unspecified atom stereocenters. The van der Waals surface area contributed by atoms with Gasteiger partial charge in [-0.05, 0) is 59.6 Å². The number of aromatic amines is 1. The van der Waals surface area contributed by atoms with Crippen LogP contribution in [0, 0.1) is 11.3 Å². The minimum atomic E-state index is 0.450. The Morgan fingerprint density at radius 2 is 1.83 bits per heavy atom. The van der Waals surface area contributed by atoms with Crippen molar-refractivity contribution < 1.29 is 0 Å². The molecule has 1 aromatic carbocycles. The number of halogens is 1. The van der Waals surface area contributed by atoms with Crippen LogP contribution in [0.4, 0.5) is 11.4 Å². The zero-order valence-electron chi connectivity index (χ0n) is 20.3. The van der Waals surface area contributed by atoms with Gasteiger partial charge < -0.3 is 20.1 Å². The summed E-state index contributed by atoms with van der Waals surface area (Å²) in [6.45, 7) is 10.5. The molecule has 2 aliphatic heterocycles. The van der Waals surface area contributed by atoms with E-state index in [9.17, 15) is 0 Å². The van der Waals surface area contributed by atoms with Gasteiger partial charge in [-0.25, -0.2) is 9.97 Å². The van der Waals surface area contributed by atoms with E-state index in [1.165, 1.54) is 5.69 Å². The topological polar surface area (TPSA) is 87.1 Å². The lowest BCUT2D eigenvalue weighted by atomic mass is 10.0. The lowest BCUT2D eigenvalue weighted by Gasteiger charge is -2.35. The van der Waals surface area contributed by atoms with Crippen LogP contribution in [0.1, 0.15) is 26.2 Å². The monoisotopic (exact) mass is 536 g/mol. The van der Waals surface area contributed by atoms with E-state index in [0.717, 1.165) is 97.9 Å². The number of nitriles is 1. The molecule has 0 radical (unpaired) electrons. The number of likely N-dealkylation sites (tertiary alicyclic amines) is 1. The molecular formula is C26H33BrN8. The smallest absolute Gasteiger partial charge is 0.180 e. The molecule has 184 valence electrons. The quantitative estimate of drug-likeness (QED) is 0.464. The van der Waals surface area contributed by atoms with Crippen LogP contribution >= 0.6 is 15.9 Å². The Balaban J connectivity index is 1.29. The molecule has 5 rings (SSSR count). The van der Waals surface area contributed by atoms with Crippen molar-refractivity contribution in [2.24, 2.45) is 0 Å². The number of hydrogen-bond acceptors (Lipinski definition) is 7. The van der Waals surface area contributed by atoms with Gasteiger partial charge in [0.05, 0.1) is 16.2 Å². The summed E-state index contributed by atoms with van der Waals surface area (Å²) in [5.41, 5.74) is 5.01. The minimum Gasteiger partial charge on any atom is -0.379 e. The number of nitrogens with zero attached hydrogens (tertiary/aromatic N) is 6. The van der Waals surface area contributed by atoms with Crippen molar-refractivity contribution in [3.8, 4) is 17.5 Å². The third kappa shape index (κ3) is 5.45. The number of nitrogens with one attached hydrogen (secondary N) is 2. The summed E-state index contributed by atoms with van der Waals surface area (Å²) in [6, 6.07) is 11.3. The van der Waals surface area contributed by atoms with Gasteiger partial charge in [0.1, 0.15) is 11.3 Å². The number of piperidine rings is 1. The first-order valence-corrected chi connectivity index (χ1v) is 13.4. The van der Waals surface area contributed by atoms with Gasteiger partial charge in [0, 0.05) is 75.7 Å². The first-order chi connectivity index (χ1) is 17.1. The summed E-state index contributed by atoms with van der Waals surface area (Å²) in [5, 5.41) is 12.6. The van der Waals surface area contributed by atoms with Crippen LogP contribution in [0.3, 0.4) is 0 Å². The van der Waals surface area contributed by atoms with Crippen LogP contribution in [-0.4, -0.2) is 83.2 Å². The summed E-state index contributed by atoms with van der Waals surface area (Å²) in [7, 11) is 0. The van der Waals surface area contributed by atoms with Crippen LogP contribution < -0.4 is 10.2 Å². The van der Waals surface area contributed by atoms with E-state index in [1.807, 2.05) is 6.20 Å². The maximum atomic E-state index is 8.81. The number of pyridine rings is 1. The van der Waals surface area contributed by atoms with Crippen molar-refractivity contribution >= 4 is 38.5 Å². The van der Waals surface area contributed by atoms with Gasteiger partial charge in [-0.15, -0.1) is 0 Å². The maximum Gasteiger partial charge on any atom is 0.180 e. The van der Waals surface area contributed by atoms with Crippen LogP contribution in [0.2, 0.25) is 0 Å². The molecule has 2 saturated heterocycles. The van der Waals surface area contributed by atoms with E-state index in [-0.39, 0.29) is 0 Å². The highest BCUT2D eigenvalue weighted by Crippen LogP contribution is 2.33. The average Bonchev–Trinajstić information content (AvgIpc) is 3.35. The Morgan fingerprint density at radius 3 is 2.51 bits per heavy atom. The van der Waals surface area contributed by atoms with Crippen molar-refractivity contribution in [1.29, 1.82) is 5.26 Å². The lowest BCUT2D eigenvalue weighted by Crippen LogP contribution is -2.46. The zero-order chi connectivity index (χ0) is 24.2. The highest BCUT2D eigenvalue weighted by molar-refractivity contribution is 9.10. The van der Waals surface area contributed by atoms with E-state index in [4.69, 9.17) is 10.2 Å². The van der Waals surface area contributed by atoms with Crippen molar-refractivity contribution in [2.75, 3.05) is 62.6 Å². The second-order valence-corrected chi connectivity index (χ2v) is 10.3. The number of rotatable bonds is 7. The average molecular weight is 538 g/mol. The van der Waals surface area contributed by atoms with Gasteiger partial charge in [-0.3, -0.25) is 4.90 Å². The molecule has 0 bridgehead atoms. The molecule has 2 aromatic heterocycles. The number of aromatic nitrogens is 3. The minimum absolute atomic E-state index is 0.450. The molecule has 0 saturated carbocycles. The molecule has 9 heteroatoms. The molecular weight excluding hydrogens is 504 g/mol. The fourth-order valence-corrected chi connectivity index (χ4v) is 5.49. The molecule has 4 heterocycles. The number of H-pyrrole nitrogens is 1. The number of anilines is 2. The molecule has 2 fully saturated rings. The highest BCUT2D eigenvalue weighted by atomic mass is 79.9. The van der Waals surface area contributed by atoms with Gasteiger partial charge in [-0.2, -0.15) is 5.26 Å². The third-order valence-electron chi connectivity index (χ3n) is 7.27. The van der Waals surface area contributed by atoms with Gasteiger partial charge in [0.2, 0.25) is 0 Å². The van der Waals surface area contributed by atoms with Crippen LogP contribution in [0.5, 0.6) is 0 Å². The predicted octanol–water partition coefficient (Wildman–Crippen LogP) is 4.32. The van der Waals surface area contributed by atoms with Crippen molar-refractivity contribution in [3.05, 3.63) is 34.9 Å². The summed E-state index contributed by atoms with van der Waals surface area (Å²) in [4.78, 5) is 20.2. The molecule has 3 aromatic rings. The van der Waals surface area contributed by atoms with Gasteiger partial charge >= 0.3 is 0 Å². The second kappa shape index (κ2) is 10.9. The molecule has 35 heavy (non-hydrogen) atoms. The molecule has 8 nitrogen and oxygen atoms in total. The number of fused-ring (bicyclic) bond motifs is 1. The largest absolute Gasteiger partial charge is 0.379 e. The summed E-state index contributed by atoms with van der Waals surface area (Å²) in [5.74, 6) is 0.835. The Kier molecular flexibility index (Phi) is 7.51. The Hall–Kier alpha value is -2.67. The fraction of sp³-hybridized carbons (Fsp3) is 0.500. The predicted molar refractivity (Wildman–Crippen MR) is 145 cm³/mol. The first-order valence-electron chi connectivity index (χ1n) is 12.6. The standard InChI is InChI=1S/C26H33BrN8/c1-2-33-12-8-20(9-13-33)30-23-22(27)18-29-26-24(23)31-25(32-26)19-4-6-21(7-5-19)35-16-14-34(15-17-35)11-3-10-28/h4-7,18,20H,2-3,8-9,11-17H2,1H3,(H2,29,30,31,32). The Labute approximate surface area is 215 Å². The van der Waals surface area contributed by atoms with Gasteiger partial charge in [0.25, 0.3) is 0 Å². The van der Waals surface area contributed by atoms with Crippen LogP contribution in [0.15, 0.2) is 34.9 Å². The highest BCUT2D eigenvalue weighted by Gasteiger charge is 2.21. The summed E-state index contributed by atoms with van der Waals surface area (Å²) in [6.07, 6.45) is 4.72. The van der Waals surface area contributed by atoms with Gasteiger partial charge in [0.15, 0.2) is 5.65 Å². The van der Waals surface area contributed by atoms with E-state index >= 15 is 0 Å². The molecule has 0 atom stereocenters. The lowest BCUT2D eigenvalue weighted by molar-refractivity contribution is 0.229. The van der Waals surface area contributed by atoms with Crippen molar-refractivity contribution in [1.82, 2.24) is 24.8 Å². The number of benzene rings is 1. The normalized spacial score (nSPS) is 18.1. The zero-order valence-corrected chi connectivity index (χ0v) is 21.9. The SMILES string of the molecule is CCN1CCC(Nc2c(Br)cnc3nc(-c4ccc(N5CCN(CCC#N)CC5)cc4)[nH]c23)CC1. The first kappa shape index (κ1) is 24.0. The molecule has 0 aliphatic carbocycles. The summed E-state index contributed by atoms with van der Waals surface area (Å²) < 4.78 is 0.961. The van der Waals surface area contributed by atoms with Gasteiger partial charge in [-0.1, -0.05) is 6.92 Å². The number of hydrogen-bond donors (Lipinski definition) is 2. The van der Waals surface area contributed by atoms with E-state index in [2.05, 4.69) is 83.2 Å². The molecule has 2 aliphatic rings.